The summed E-state index contributed by atoms with van der Waals surface area (Å²) in [5.41, 5.74) is 0. The van der Waals surface area contributed by atoms with Crippen LogP contribution in [0.5, 0.6) is 0 Å². The lowest BCUT2D eigenvalue weighted by atomic mass is 9.95. The zero-order valence-electron chi connectivity index (χ0n) is 11.0. The van der Waals surface area contributed by atoms with Gasteiger partial charge in [0.2, 0.25) is 5.91 Å². The van der Waals surface area contributed by atoms with Crippen LogP contribution in [0.25, 0.3) is 0 Å². The van der Waals surface area contributed by atoms with E-state index in [4.69, 9.17) is 5.11 Å². The maximum Gasteiger partial charge on any atom is 0.307 e. The van der Waals surface area contributed by atoms with E-state index in [0.29, 0.717) is 19.4 Å². The number of hydrogen-bond acceptors (Lipinski definition) is 3. The Labute approximate surface area is 110 Å². The van der Waals surface area contributed by atoms with E-state index in [1.807, 2.05) is 6.92 Å². The van der Waals surface area contributed by atoms with Gasteiger partial charge in [-0.15, -0.1) is 0 Å². The van der Waals surface area contributed by atoms with Crippen LogP contribution >= 0.6 is 0 Å². The molecule has 5 nitrogen and oxygen atoms in total. The van der Waals surface area contributed by atoms with Crippen molar-refractivity contribution in [3.05, 3.63) is 0 Å². The van der Waals surface area contributed by atoms with Gasteiger partial charge in [0, 0.05) is 28.9 Å². The minimum Gasteiger partial charge on any atom is -0.481 e. The summed E-state index contributed by atoms with van der Waals surface area (Å²) in [6, 6.07) is 0. The number of carbonyl (C=O) groups excluding carboxylic acids is 1. The van der Waals surface area contributed by atoms with Crippen LogP contribution in [0.15, 0.2) is 0 Å². The molecule has 1 fully saturated rings. The zero-order chi connectivity index (χ0) is 13.9. The molecule has 0 saturated heterocycles. The van der Waals surface area contributed by atoms with E-state index in [0.717, 1.165) is 0 Å². The van der Waals surface area contributed by atoms with Gasteiger partial charge in [0.1, 0.15) is 0 Å². The topological polar surface area (TPSA) is 83.5 Å². The predicted molar refractivity (Wildman–Crippen MR) is 69.6 cm³/mol. The van der Waals surface area contributed by atoms with Crippen LogP contribution in [-0.2, 0) is 20.4 Å². The molecule has 0 radical (unpaired) electrons. The van der Waals surface area contributed by atoms with E-state index in [-0.39, 0.29) is 17.1 Å². The quantitative estimate of drug-likeness (QED) is 0.770. The molecular formula is C12H21NO4S. The van der Waals surface area contributed by atoms with Crippen molar-refractivity contribution in [3.8, 4) is 0 Å². The SMILES string of the molecule is CC1CC(C(=O)O)C(C(=O)NCC(C)S(C)=O)C1. The van der Waals surface area contributed by atoms with Gasteiger partial charge in [-0.3, -0.25) is 13.8 Å². The predicted octanol–water partition coefficient (Wildman–Crippen LogP) is 0.616. The maximum absolute atomic E-state index is 12.0. The standard InChI is InChI=1S/C12H21NO4S/c1-7-4-9(10(5-7)12(15)16)11(14)13-6-8(2)18(3)17/h7-10H,4-6H2,1-3H3,(H,13,14)(H,15,16). The van der Waals surface area contributed by atoms with Gasteiger partial charge in [-0.25, -0.2) is 0 Å². The van der Waals surface area contributed by atoms with Gasteiger partial charge in [0.25, 0.3) is 0 Å². The average molecular weight is 275 g/mol. The first-order valence-electron chi connectivity index (χ1n) is 6.15. The number of carboxylic acids is 1. The average Bonchev–Trinajstić information content (AvgIpc) is 2.67. The number of nitrogens with one attached hydrogen (secondary N) is 1. The number of rotatable bonds is 5. The number of carbonyl (C=O) groups is 2. The molecule has 0 aliphatic heterocycles. The molecule has 1 aliphatic carbocycles. The third kappa shape index (κ3) is 3.80. The fourth-order valence-electron chi connectivity index (χ4n) is 2.35. The van der Waals surface area contributed by atoms with E-state index < -0.39 is 28.6 Å². The fourth-order valence-corrected chi connectivity index (χ4v) is 2.67. The number of aliphatic carboxylic acids is 1. The summed E-state index contributed by atoms with van der Waals surface area (Å²) in [4.78, 5) is 23.0. The number of hydrogen-bond donors (Lipinski definition) is 2. The summed E-state index contributed by atoms with van der Waals surface area (Å²) in [7, 11) is -0.984. The van der Waals surface area contributed by atoms with Crippen LogP contribution in [0, 0.1) is 17.8 Å². The Hall–Kier alpha value is -0.910. The third-order valence-electron chi connectivity index (χ3n) is 3.58. The van der Waals surface area contributed by atoms with Crippen molar-refractivity contribution in [3.63, 3.8) is 0 Å². The first kappa shape index (κ1) is 15.1. The van der Waals surface area contributed by atoms with Crippen LogP contribution in [0.3, 0.4) is 0 Å². The van der Waals surface area contributed by atoms with Crippen LogP contribution < -0.4 is 5.32 Å². The Morgan fingerprint density at radius 1 is 1.39 bits per heavy atom. The van der Waals surface area contributed by atoms with Gasteiger partial charge in [0.15, 0.2) is 0 Å². The fraction of sp³-hybridized carbons (Fsp3) is 0.833. The lowest BCUT2D eigenvalue weighted by Gasteiger charge is -2.17. The summed E-state index contributed by atoms with van der Waals surface area (Å²) >= 11 is 0. The van der Waals surface area contributed by atoms with Crippen LogP contribution in [0.2, 0.25) is 0 Å². The molecule has 1 rings (SSSR count). The lowest BCUT2D eigenvalue weighted by molar-refractivity contribution is -0.146. The van der Waals surface area contributed by atoms with E-state index in [1.165, 1.54) is 0 Å². The van der Waals surface area contributed by atoms with Gasteiger partial charge >= 0.3 is 5.97 Å². The van der Waals surface area contributed by atoms with Crippen molar-refractivity contribution >= 4 is 22.7 Å². The monoisotopic (exact) mass is 275 g/mol. The number of amides is 1. The van der Waals surface area contributed by atoms with Crippen LogP contribution in [0.1, 0.15) is 26.7 Å². The third-order valence-corrected chi connectivity index (χ3v) is 4.88. The molecule has 1 saturated carbocycles. The Morgan fingerprint density at radius 2 is 1.94 bits per heavy atom. The molecule has 18 heavy (non-hydrogen) atoms. The Bertz CT molecular complexity index is 358. The van der Waals surface area contributed by atoms with E-state index in [2.05, 4.69) is 5.32 Å². The summed E-state index contributed by atoms with van der Waals surface area (Å²) in [5, 5.41) is 11.7. The first-order valence-corrected chi connectivity index (χ1v) is 7.77. The molecule has 2 N–H and O–H groups in total. The molecule has 1 aliphatic rings. The molecule has 0 aromatic carbocycles. The van der Waals surface area contributed by atoms with Crippen molar-refractivity contribution in [2.24, 2.45) is 17.8 Å². The minimum absolute atomic E-state index is 0.115. The molecule has 0 bridgehead atoms. The maximum atomic E-state index is 12.0. The highest BCUT2D eigenvalue weighted by atomic mass is 32.2. The molecule has 6 heteroatoms. The number of carboxylic acid groups (broad SMARTS) is 1. The molecular weight excluding hydrogens is 254 g/mol. The Balaban J connectivity index is 2.55. The Kier molecular flexibility index (Phi) is 5.31. The van der Waals surface area contributed by atoms with E-state index in [1.54, 1.807) is 13.2 Å². The highest BCUT2D eigenvalue weighted by Crippen LogP contribution is 2.36. The lowest BCUT2D eigenvalue weighted by Crippen LogP contribution is -2.39. The summed E-state index contributed by atoms with van der Waals surface area (Å²) in [6.45, 7) is 4.09. The molecule has 0 aromatic heterocycles. The second kappa shape index (κ2) is 6.31. The van der Waals surface area contributed by atoms with Crippen molar-refractivity contribution in [1.29, 1.82) is 0 Å². The highest BCUT2D eigenvalue weighted by molar-refractivity contribution is 7.84. The van der Waals surface area contributed by atoms with Gasteiger partial charge in [-0.05, 0) is 25.7 Å². The van der Waals surface area contributed by atoms with Gasteiger partial charge < -0.3 is 10.4 Å². The van der Waals surface area contributed by atoms with Gasteiger partial charge in [0.05, 0.1) is 11.8 Å². The van der Waals surface area contributed by atoms with Crippen molar-refractivity contribution in [2.75, 3.05) is 12.8 Å². The summed E-state index contributed by atoms with van der Waals surface area (Å²) in [6.07, 6.45) is 2.77. The van der Waals surface area contributed by atoms with Crippen molar-refractivity contribution in [1.82, 2.24) is 5.32 Å². The molecule has 5 unspecified atom stereocenters. The van der Waals surface area contributed by atoms with Crippen molar-refractivity contribution in [2.45, 2.75) is 31.9 Å². The molecule has 0 heterocycles. The molecule has 5 atom stereocenters. The normalized spacial score (nSPS) is 30.7. The zero-order valence-corrected chi connectivity index (χ0v) is 11.8. The van der Waals surface area contributed by atoms with Gasteiger partial charge in [-0.1, -0.05) is 6.92 Å². The molecule has 1 amide bonds. The van der Waals surface area contributed by atoms with Crippen LogP contribution in [-0.4, -0.2) is 39.2 Å². The first-order chi connectivity index (χ1) is 8.32. The second-order valence-corrected chi connectivity index (χ2v) is 6.98. The molecule has 0 aromatic rings. The van der Waals surface area contributed by atoms with Gasteiger partial charge in [-0.2, -0.15) is 0 Å². The second-order valence-electron chi connectivity index (χ2n) is 5.18. The van der Waals surface area contributed by atoms with Crippen molar-refractivity contribution < 1.29 is 18.9 Å². The highest BCUT2D eigenvalue weighted by Gasteiger charge is 2.41. The van der Waals surface area contributed by atoms with Crippen LogP contribution in [0.4, 0.5) is 0 Å². The smallest absolute Gasteiger partial charge is 0.307 e. The Morgan fingerprint density at radius 3 is 2.44 bits per heavy atom. The minimum atomic E-state index is -0.984. The summed E-state index contributed by atoms with van der Waals surface area (Å²) < 4.78 is 11.2. The van der Waals surface area contributed by atoms with E-state index >= 15 is 0 Å². The molecule has 104 valence electrons. The largest absolute Gasteiger partial charge is 0.481 e. The van der Waals surface area contributed by atoms with E-state index in [9.17, 15) is 13.8 Å². The molecule has 0 spiro atoms. The summed E-state index contributed by atoms with van der Waals surface area (Å²) in [5.74, 6) is -1.88.